The van der Waals surface area contributed by atoms with Gasteiger partial charge in [-0.15, -0.1) is 0 Å². The highest BCUT2D eigenvalue weighted by Gasteiger charge is 2.61. The topological polar surface area (TPSA) is 156 Å². The highest BCUT2D eigenvalue weighted by atomic mass is 16.6. The van der Waals surface area contributed by atoms with Gasteiger partial charge >= 0.3 is 12.1 Å². The van der Waals surface area contributed by atoms with E-state index in [0.29, 0.717) is 24.2 Å². The van der Waals surface area contributed by atoms with Crippen LogP contribution in [0.4, 0.5) is 4.79 Å². The first-order chi connectivity index (χ1) is 24.4. The highest BCUT2D eigenvalue weighted by Crippen LogP contribution is 2.45. The number of ether oxygens (including phenoxy) is 1. The quantitative estimate of drug-likeness (QED) is 0.281. The summed E-state index contributed by atoms with van der Waals surface area (Å²) in [5.41, 5.74) is 0.896. The molecule has 5 atom stereocenters. The van der Waals surface area contributed by atoms with Gasteiger partial charge in [0.15, 0.2) is 0 Å². The zero-order chi connectivity index (χ0) is 36.2. The number of rotatable bonds is 6. The maximum absolute atomic E-state index is 14.4. The van der Waals surface area contributed by atoms with Crippen molar-refractivity contribution >= 4 is 36.0 Å². The number of aliphatic carboxylic acids is 1. The smallest absolute Gasteiger partial charge is 0.408 e. The van der Waals surface area contributed by atoms with E-state index in [1.165, 1.54) is 4.90 Å². The molecule has 0 spiro atoms. The highest BCUT2D eigenvalue weighted by molar-refractivity contribution is 5.96. The number of carbonyl (C=O) groups is 4. The van der Waals surface area contributed by atoms with Gasteiger partial charge in [0.05, 0.1) is 6.04 Å². The van der Waals surface area contributed by atoms with Crippen LogP contribution in [0.15, 0.2) is 72.8 Å². The van der Waals surface area contributed by atoms with Crippen LogP contribution < -0.4 is 10.6 Å². The average Bonchev–Trinajstić information content (AvgIpc) is 3.40. The van der Waals surface area contributed by atoms with Crippen LogP contribution in [0.3, 0.4) is 0 Å². The zero-order valence-corrected chi connectivity index (χ0v) is 29.3. The molecule has 3 aromatic rings. The van der Waals surface area contributed by atoms with Crippen molar-refractivity contribution in [3.63, 3.8) is 0 Å². The third-order valence-corrected chi connectivity index (χ3v) is 9.59. The molecule has 0 unspecified atom stereocenters. The number of alkyl carbamates (subject to hydrolysis) is 1. The van der Waals surface area contributed by atoms with E-state index in [-0.39, 0.29) is 25.3 Å². The Hall–Kier alpha value is -5.26. The van der Waals surface area contributed by atoms with Crippen molar-refractivity contribution in [3.05, 3.63) is 84.1 Å². The van der Waals surface area contributed by atoms with Crippen molar-refractivity contribution in [2.24, 2.45) is 5.92 Å². The number of benzene rings is 2. The first-order valence-corrected chi connectivity index (χ1v) is 17.7. The second-order valence-electron chi connectivity index (χ2n) is 14.6. The molecule has 3 heterocycles. The van der Waals surface area contributed by atoms with Crippen LogP contribution in [0.2, 0.25) is 0 Å². The van der Waals surface area contributed by atoms with E-state index in [1.807, 2.05) is 85.0 Å². The van der Waals surface area contributed by atoms with Crippen LogP contribution in [-0.2, 0) is 19.1 Å². The van der Waals surface area contributed by atoms with Crippen molar-refractivity contribution in [1.82, 2.24) is 30.5 Å². The molecular formula is C39H46N6O6. The van der Waals surface area contributed by atoms with Crippen LogP contribution >= 0.6 is 0 Å². The van der Waals surface area contributed by atoms with Crippen LogP contribution in [0.5, 0.6) is 0 Å². The van der Waals surface area contributed by atoms with Crippen LogP contribution in [-0.4, -0.2) is 78.6 Å². The van der Waals surface area contributed by atoms with Gasteiger partial charge < -0.3 is 25.4 Å². The first-order valence-electron chi connectivity index (χ1n) is 17.7. The molecule has 1 saturated carbocycles. The summed E-state index contributed by atoms with van der Waals surface area (Å²) < 4.78 is 5.50. The van der Waals surface area contributed by atoms with Crippen molar-refractivity contribution in [3.8, 4) is 11.3 Å². The molecule has 0 bridgehead atoms. The van der Waals surface area contributed by atoms with E-state index in [9.17, 15) is 24.3 Å². The van der Waals surface area contributed by atoms with Gasteiger partial charge in [0.2, 0.25) is 11.8 Å². The standard InChI is InChI=1S/C39H46N6O6/c1-38(2,3)51-37(50)40-31-20-14-6-4-5-13-19-28-24-39(28,36(48)49)41-34(46)32-23-29(25-44(32)35(31)47)45-42-30(22-21-26-15-9-7-10-16-26)33(43-45)27-17-11-8-12-18-27/h7-13,15-19,21-22,28-29,31-32H,4-6,14,20,23-25H2,1-3H3,(H,40,50)(H,41,46)(H,48,49)/b19-13-,22-21+/t28-,29-,31+,32-,39-/m0/s1. The maximum atomic E-state index is 14.4. The third kappa shape index (κ3) is 8.38. The lowest BCUT2D eigenvalue weighted by Crippen LogP contribution is -2.56. The van der Waals surface area contributed by atoms with Gasteiger partial charge in [-0.3, -0.25) is 9.59 Å². The summed E-state index contributed by atoms with van der Waals surface area (Å²) in [4.78, 5) is 57.0. The number of fused-ring (bicyclic) bond motifs is 2. The van der Waals surface area contributed by atoms with E-state index < -0.39 is 53.1 Å². The zero-order valence-electron chi connectivity index (χ0n) is 29.3. The number of aromatic nitrogens is 3. The number of amides is 3. The first kappa shape index (κ1) is 35.6. The molecule has 1 aliphatic carbocycles. The predicted molar refractivity (Wildman–Crippen MR) is 192 cm³/mol. The summed E-state index contributed by atoms with van der Waals surface area (Å²) >= 11 is 0. The Balaban J connectivity index is 1.35. The minimum atomic E-state index is -1.44. The Bertz CT molecular complexity index is 1800. The largest absolute Gasteiger partial charge is 0.479 e. The number of carboxylic acid groups (broad SMARTS) is 1. The van der Waals surface area contributed by atoms with E-state index in [2.05, 4.69) is 10.6 Å². The molecular weight excluding hydrogens is 648 g/mol. The molecule has 2 aromatic carbocycles. The summed E-state index contributed by atoms with van der Waals surface area (Å²) in [6, 6.07) is 17.0. The summed E-state index contributed by atoms with van der Waals surface area (Å²) in [5.74, 6) is -2.45. The molecule has 12 heteroatoms. The van der Waals surface area contributed by atoms with Crippen LogP contribution in [0, 0.1) is 5.92 Å². The van der Waals surface area contributed by atoms with Gasteiger partial charge in [-0.25, -0.2) is 9.59 Å². The van der Waals surface area contributed by atoms with Crippen molar-refractivity contribution < 1.29 is 29.0 Å². The molecule has 1 aromatic heterocycles. The fraction of sp³-hybridized carbons (Fsp3) is 0.436. The summed E-state index contributed by atoms with van der Waals surface area (Å²) in [6.07, 6.45) is 10.8. The lowest BCUT2D eigenvalue weighted by molar-refractivity contribution is -0.145. The number of nitrogens with one attached hydrogen (secondary N) is 2. The number of hydrogen-bond acceptors (Lipinski definition) is 7. The Labute approximate surface area is 297 Å². The predicted octanol–water partition coefficient (Wildman–Crippen LogP) is 5.63. The third-order valence-electron chi connectivity index (χ3n) is 9.59. The van der Waals surface area contributed by atoms with Gasteiger partial charge in [0.25, 0.3) is 0 Å². The van der Waals surface area contributed by atoms with Gasteiger partial charge in [-0.2, -0.15) is 15.0 Å². The van der Waals surface area contributed by atoms with Crippen LogP contribution in [0.1, 0.15) is 83.0 Å². The molecule has 2 aliphatic heterocycles. The van der Waals surface area contributed by atoms with Gasteiger partial charge in [-0.05, 0) is 58.1 Å². The molecule has 2 fully saturated rings. The Kier molecular flexibility index (Phi) is 10.4. The van der Waals surface area contributed by atoms with E-state index in [1.54, 1.807) is 25.6 Å². The average molecular weight is 695 g/mol. The molecule has 3 aliphatic rings. The number of hydrogen-bond donors (Lipinski definition) is 3. The SMILES string of the molecule is CC(C)(C)OC(=O)N[C@@H]1CCCCC/C=C\[C@H]2C[C@]2(C(=O)O)NC(=O)[C@@H]2C[C@H](n3nc(/C=C/c4ccccc4)c(-c4ccccc4)n3)CN2C1=O. The minimum Gasteiger partial charge on any atom is -0.479 e. The van der Waals surface area contributed by atoms with Gasteiger partial charge in [0, 0.05) is 24.4 Å². The van der Waals surface area contributed by atoms with Crippen molar-refractivity contribution in [1.29, 1.82) is 0 Å². The second kappa shape index (κ2) is 14.9. The monoisotopic (exact) mass is 694 g/mol. The summed E-state index contributed by atoms with van der Waals surface area (Å²) in [7, 11) is 0. The summed E-state index contributed by atoms with van der Waals surface area (Å²) in [6.45, 7) is 5.32. The van der Waals surface area contributed by atoms with Gasteiger partial charge in [0.1, 0.15) is 34.6 Å². The van der Waals surface area contributed by atoms with Gasteiger partial charge in [-0.1, -0.05) is 91.7 Å². The van der Waals surface area contributed by atoms with Crippen LogP contribution in [0.25, 0.3) is 23.4 Å². The second-order valence-corrected chi connectivity index (χ2v) is 14.6. The molecule has 0 radical (unpaired) electrons. The molecule has 268 valence electrons. The number of carbonyl (C=O) groups excluding carboxylic acids is 3. The molecule has 3 N–H and O–H groups in total. The minimum absolute atomic E-state index is 0.0809. The molecule has 12 nitrogen and oxygen atoms in total. The Morgan fingerprint density at radius 3 is 2.43 bits per heavy atom. The fourth-order valence-electron chi connectivity index (χ4n) is 6.85. The Morgan fingerprint density at radius 2 is 1.73 bits per heavy atom. The maximum Gasteiger partial charge on any atom is 0.408 e. The summed E-state index contributed by atoms with van der Waals surface area (Å²) in [5, 5.41) is 25.6. The van der Waals surface area contributed by atoms with E-state index in [0.717, 1.165) is 30.4 Å². The number of nitrogens with zero attached hydrogens (tertiary/aromatic N) is 4. The molecule has 1 saturated heterocycles. The lowest BCUT2D eigenvalue weighted by Gasteiger charge is -2.30. The van der Waals surface area contributed by atoms with Crippen molar-refractivity contribution in [2.45, 2.75) is 95.0 Å². The molecule has 51 heavy (non-hydrogen) atoms. The normalized spacial score (nSPS) is 26.3. The number of carboxylic acids is 1. The Morgan fingerprint density at radius 1 is 1.00 bits per heavy atom. The van der Waals surface area contributed by atoms with Crippen molar-refractivity contribution in [2.75, 3.05) is 6.54 Å². The molecule has 3 amide bonds. The van der Waals surface area contributed by atoms with E-state index in [4.69, 9.17) is 14.9 Å². The lowest BCUT2D eigenvalue weighted by atomic mass is 10.0. The van der Waals surface area contributed by atoms with E-state index >= 15 is 0 Å². The fourth-order valence-corrected chi connectivity index (χ4v) is 6.85. The molecule has 6 rings (SSSR count). The number of allylic oxidation sites excluding steroid dienone is 1.